The molecule has 112 valence electrons. The molecule has 0 aliphatic heterocycles. The average molecular weight is 305 g/mol. The van der Waals surface area contributed by atoms with E-state index in [1.165, 1.54) is 10.9 Å². The summed E-state index contributed by atoms with van der Waals surface area (Å²) >= 11 is 1.68. The number of ether oxygens (including phenoxy) is 1. The minimum Gasteiger partial charge on any atom is -0.478 e. The van der Waals surface area contributed by atoms with Gasteiger partial charge in [-0.2, -0.15) is 0 Å². The van der Waals surface area contributed by atoms with Crippen molar-refractivity contribution in [3.05, 3.63) is 45.8 Å². The van der Waals surface area contributed by atoms with Gasteiger partial charge in [-0.3, -0.25) is 0 Å². The number of carboxylic acid groups (broad SMARTS) is 1. The van der Waals surface area contributed by atoms with E-state index < -0.39 is 5.97 Å². The van der Waals surface area contributed by atoms with Crippen LogP contribution in [0, 0.1) is 0 Å². The van der Waals surface area contributed by atoms with E-state index in [1.807, 2.05) is 32.2 Å². The van der Waals surface area contributed by atoms with E-state index in [2.05, 4.69) is 11.1 Å². The third kappa shape index (κ3) is 4.29. The fourth-order valence-corrected chi connectivity index (χ4v) is 2.49. The number of rotatable bonds is 5. The predicted octanol–water partition coefficient (Wildman–Crippen LogP) is 3.76. The molecule has 4 nitrogen and oxygen atoms in total. The molecule has 0 aromatic carbocycles. The van der Waals surface area contributed by atoms with Gasteiger partial charge in [-0.1, -0.05) is 26.8 Å². The highest BCUT2D eigenvalue weighted by atomic mass is 32.1. The lowest BCUT2D eigenvalue weighted by molar-refractivity contribution is 0.0696. The molecule has 0 aliphatic rings. The third-order valence-corrected chi connectivity index (χ3v) is 3.93. The molecule has 2 heterocycles. The fourth-order valence-electron chi connectivity index (χ4n) is 1.80. The molecule has 0 bridgehead atoms. The van der Waals surface area contributed by atoms with Crippen LogP contribution < -0.4 is 4.74 Å². The van der Waals surface area contributed by atoms with Crippen molar-refractivity contribution in [2.45, 2.75) is 32.6 Å². The van der Waals surface area contributed by atoms with Crippen molar-refractivity contribution in [1.82, 2.24) is 4.98 Å². The molecule has 2 rings (SSSR count). The van der Waals surface area contributed by atoms with Crippen LogP contribution in [0.4, 0.5) is 0 Å². The lowest BCUT2D eigenvalue weighted by atomic mass is 9.91. The first kappa shape index (κ1) is 15.5. The molecule has 21 heavy (non-hydrogen) atoms. The lowest BCUT2D eigenvalue weighted by Gasteiger charge is -2.19. The van der Waals surface area contributed by atoms with E-state index in [0.29, 0.717) is 18.2 Å². The SMILES string of the molecule is CC(C)(C)c1cc(C(=O)O)cc(OCCc2cccs2)n1. The molecule has 0 amide bonds. The van der Waals surface area contributed by atoms with Gasteiger partial charge in [0.2, 0.25) is 5.88 Å². The molecule has 2 aromatic heterocycles. The monoisotopic (exact) mass is 305 g/mol. The summed E-state index contributed by atoms with van der Waals surface area (Å²) in [7, 11) is 0. The Bertz CT molecular complexity index is 615. The second-order valence-electron chi connectivity index (χ2n) is 5.81. The van der Waals surface area contributed by atoms with Crippen LogP contribution >= 0.6 is 11.3 Å². The molecule has 0 radical (unpaired) electrons. The van der Waals surface area contributed by atoms with Gasteiger partial charge in [0.25, 0.3) is 0 Å². The van der Waals surface area contributed by atoms with Crippen LogP contribution in [0.15, 0.2) is 29.6 Å². The van der Waals surface area contributed by atoms with Crippen molar-refractivity contribution in [2.75, 3.05) is 6.61 Å². The molecule has 0 atom stereocenters. The van der Waals surface area contributed by atoms with Gasteiger partial charge >= 0.3 is 5.97 Å². The number of carboxylic acids is 1. The summed E-state index contributed by atoms with van der Waals surface area (Å²) in [6, 6.07) is 7.14. The Morgan fingerprint density at radius 3 is 2.71 bits per heavy atom. The summed E-state index contributed by atoms with van der Waals surface area (Å²) in [6.07, 6.45) is 0.793. The summed E-state index contributed by atoms with van der Waals surface area (Å²) < 4.78 is 5.64. The van der Waals surface area contributed by atoms with Crippen molar-refractivity contribution >= 4 is 17.3 Å². The van der Waals surface area contributed by atoms with Crippen LogP contribution in [0.5, 0.6) is 5.88 Å². The van der Waals surface area contributed by atoms with Gasteiger partial charge < -0.3 is 9.84 Å². The summed E-state index contributed by atoms with van der Waals surface area (Å²) in [5, 5.41) is 11.2. The summed E-state index contributed by atoms with van der Waals surface area (Å²) in [5.74, 6) is -0.595. The number of aromatic carboxylic acids is 1. The Labute approximate surface area is 128 Å². The molecule has 1 N–H and O–H groups in total. The van der Waals surface area contributed by atoms with E-state index in [1.54, 1.807) is 17.4 Å². The number of carbonyl (C=O) groups is 1. The van der Waals surface area contributed by atoms with Gasteiger partial charge in [0, 0.05) is 22.8 Å². The van der Waals surface area contributed by atoms with E-state index in [4.69, 9.17) is 4.74 Å². The highest BCUT2D eigenvalue weighted by molar-refractivity contribution is 7.09. The van der Waals surface area contributed by atoms with Gasteiger partial charge in [0.15, 0.2) is 0 Å². The van der Waals surface area contributed by atoms with Gasteiger partial charge in [0.1, 0.15) is 0 Å². The smallest absolute Gasteiger partial charge is 0.335 e. The molecule has 0 unspecified atom stereocenters. The van der Waals surface area contributed by atoms with Crippen LogP contribution in [-0.4, -0.2) is 22.7 Å². The van der Waals surface area contributed by atoms with Gasteiger partial charge in [-0.05, 0) is 17.5 Å². The minimum absolute atomic E-state index is 0.209. The zero-order chi connectivity index (χ0) is 15.5. The first-order valence-corrected chi connectivity index (χ1v) is 7.65. The molecule has 0 aliphatic carbocycles. The maximum Gasteiger partial charge on any atom is 0.335 e. The zero-order valence-electron chi connectivity index (χ0n) is 12.4. The molecular weight excluding hydrogens is 286 g/mol. The van der Waals surface area contributed by atoms with E-state index in [-0.39, 0.29) is 11.0 Å². The van der Waals surface area contributed by atoms with Crippen LogP contribution in [0.25, 0.3) is 0 Å². The predicted molar refractivity (Wildman–Crippen MR) is 83.4 cm³/mol. The Kier molecular flexibility index (Phi) is 4.63. The second-order valence-corrected chi connectivity index (χ2v) is 6.84. The molecule has 0 saturated heterocycles. The lowest BCUT2D eigenvalue weighted by Crippen LogP contribution is -2.16. The number of pyridine rings is 1. The van der Waals surface area contributed by atoms with E-state index in [9.17, 15) is 9.90 Å². The van der Waals surface area contributed by atoms with Gasteiger partial charge in [-0.25, -0.2) is 9.78 Å². The highest BCUT2D eigenvalue weighted by Gasteiger charge is 2.19. The van der Waals surface area contributed by atoms with Crippen LogP contribution in [0.3, 0.4) is 0 Å². The van der Waals surface area contributed by atoms with Crippen LogP contribution in [0.1, 0.15) is 41.7 Å². The zero-order valence-corrected chi connectivity index (χ0v) is 13.2. The maximum atomic E-state index is 11.2. The van der Waals surface area contributed by atoms with Crippen molar-refractivity contribution in [1.29, 1.82) is 0 Å². The number of aromatic nitrogens is 1. The molecule has 0 saturated carbocycles. The van der Waals surface area contributed by atoms with Crippen molar-refractivity contribution < 1.29 is 14.6 Å². The first-order chi connectivity index (χ1) is 9.86. The largest absolute Gasteiger partial charge is 0.478 e. The Balaban J connectivity index is 2.14. The van der Waals surface area contributed by atoms with Crippen molar-refractivity contribution in [2.24, 2.45) is 0 Å². The molecule has 2 aromatic rings. The van der Waals surface area contributed by atoms with Gasteiger partial charge in [-0.15, -0.1) is 11.3 Å². The van der Waals surface area contributed by atoms with E-state index in [0.717, 1.165) is 6.42 Å². The van der Waals surface area contributed by atoms with E-state index >= 15 is 0 Å². The number of nitrogens with zero attached hydrogens (tertiary/aromatic N) is 1. The first-order valence-electron chi connectivity index (χ1n) is 6.77. The molecule has 0 spiro atoms. The number of hydrogen-bond acceptors (Lipinski definition) is 4. The normalized spacial score (nSPS) is 11.4. The number of hydrogen-bond donors (Lipinski definition) is 1. The summed E-state index contributed by atoms with van der Waals surface area (Å²) in [6.45, 7) is 6.48. The fraction of sp³-hybridized carbons (Fsp3) is 0.375. The number of thiophene rings is 1. The highest BCUT2D eigenvalue weighted by Crippen LogP contribution is 2.24. The maximum absolute atomic E-state index is 11.2. The van der Waals surface area contributed by atoms with Crippen molar-refractivity contribution in [3.63, 3.8) is 0 Å². The summed E-state index contributed by atoms with van der Waals surface area (Å²) in [4.78, 5) is 16.9. The van der Waals surface area contributed by atoms with Crippen LogP contribution in [-0.2, 0) is 11.8 Å². The quantitative estimate of drug-likeness (QED) is 0.913. The molecule has 5 heteroatoms. The Morgan fingerprint density at radius 1 is 1.38 bits per heavy atom. The molecular formula is C16H19NO3S. The summed E-state index contributed by atoms with van der Waals surface area (Å²) in [5.41, 5.74) is 0.701. The topological polar surface area (TPSA) is 59.4 Å². The minimum atomic E-state index is -0.967. The standard InChI is InChI=1S/C16H19NO3S/c1-16(2,3)13-9-11(15(18)19)10-14(17-13)20-7-6-12-5-4-8-21-12/h4-5,8-10H,6-7H2,1-3H3,(H,18,19). The van der Waals surface area contributed by atoms with Gasteiger partial charge in [0.05, 0.1) is 17.9 Å². The Morgan fingerprint density at radius 2 is 2.14 bits per heavy atom. The van der Waals surface area contributed by atoms with Crippen LogP contribution in [0.2, 0.25) is 0 Å². The average Bonchev–Trinajstić information content (AvgIpc) is 2.90. The van der Waals surface area contributed by atoms with Crippen molar-refractivity contribution in [3.8, 4) is 5.88 Å². The third-order valence-electron chi connectivity index (χ3n) is 3.00. The second kappa shape index (κ2) is 6.26. The molecule has 0 fully saturated rings. The Hall–Kier alpha value is -1.88.